The van der Waals surface area contributed by atoms with Crippen molar-refractivity contribution in [3.63, 3.8) is 0 Å². The lowest BCUT2D eigenvalue weighted by Crippen LogP contribution is -2.42. The van der Waals surface area contributed by atoms with Crippen molar-refractivity contribution in [3.8, 4) is 0 Å². The highest BCUT2D eigenvalue weighted by molar-refractivity contribution is 7.90. The average Bonchev–Trinajstić information content (AvgIpc) is 2.37. The van der Waals surface area contributed by atoms with E-state index < -0.39 is 10.2 Å². The first-order valence-electron chi connectivity index (χ1n) is 6.25. The van der Waals surface area contributed by atoms with Crippen molar-refractivity contribution < 1.29 is 13.5 Å². The van der Waals surface area contributed by atoms with Crippen LogP contribution in [0.25, 0.3) is 0 Å². The van der Waals surface area contributed by atoms with Gasteiger partial charge >= 0.3 is 10.2 Å². The van der Waals surface area contributed by atoms with Crippen molar-refractivity contribution in [1.29, 1.82) is 0 Å². The standard InChI is InChI=1S/C12H16Cl2N2O3S/c13-10-5-11(14)7-12(6-10)15-20(18,19)16-3-1-9(8-17)2-4-16/h5-7,9,15,17H,1-4,8H2. The maximum absolute atomic E-state index is 12.2. The van der Waals surface area contributed by atoms with E-state index in [0.717, 1.165) is 0 Å². The van der Waals surface area contributed by atoms with E-state index in [2.05, 4.69) is 4.72 Å². The Morgan fingerprint density at radius 1 is 1.20 bits per heavy atom. The molecular weight excluding hydrogens is 323 g/mol. The largest absolute Gasteiger partial charge is 0.396 e. The lowest BCUT2D eigenvalue weighted by molar-refractivity contribution is 0.170. The number of halogens is 2. The number of hydrogen-bond donors (Lipinski definition) is 2. The van der Waals surface area contributed by atoms with Gasteiger partial charge in [-0.1, -0.05) is 23.2 Å². The highest BCUT2D eigenvalue weighted by Crippen LogP contribution is 2.25. The number of nitrogens with zero attached hydrogens (tertiary/aromatic N) is 1. The van der Waals surface area contributed by atoms with E-state index in [4.69, 9.17) is 28.3 Å². The molecule has 0 aliphatic carbocycles. The number of anilines is 1. The summed E-state index contributed by atoms with van der Waals surface area (Å²) in [5.41, 5.74) is 0.340. The third-order valence-corrected chi connectivity index (χ3v) is 5.26. The fraction of sp³-hybridized carbons (Fsp3) is 0.500. The fourth-order valence-corrected chi connectivity index (χ4v) is 3.92. The van der Waals surface area contributed by atoms with Crippen molar-refractivity contribution in [2.45, 2.75) is 12.8 Å². The molecule has 0 saturated carbocycles. The Morgan fingerprint density at radius 2 is 1.75 bits per heavy atom. The number of benzene rings is 1. The molecule has 0 bridgehead atoms. The molecular formula is C12H16Cl2N2O3S. The molecule has 8 heteroatoms. The summed E-state index contributed by atoms with van der Waals surface area (Å²) in [5, 5.41) is 9.80. The molecule has 2 rings (SSSR count). The molecule has 0 radical (unpaired) electrons. The second-order valence-corrected chi connectivity index (χ2v) is 7.33. The minimum atomic E-state index is -3.62. The number of aliphatic hydroxyl groups excluding tert-OH is 1. The van der Waals surface area contributed by atoms with E-state index >= 15 is 0 Å². The maximum atomic E-state index is 12.2. The van der Waals surface area contributed by atoms with Gasteiger partial charge in [0.05, 0.1) is 5.69 Å². The van der Waals surface area contributed by atoms with Crippen LogP contribution in [0.4, 0.5) is 5.69 Å². The van der Waals surface area contributed by atoms with Crippen LogP contribution >= 0.6 is 23.2 Å². The van der Waals surface area contributed by atoms with Crippen LogP contribution in [0.15, 0.2) is 18.2 Å². The molecule has 0 amide bonds. The lowest BCUT2D eigenvalue weighted by atomic mass is 10.00. The fourth-order valence-electron chi connectivity index (χ4n) is 2.16. The molecule has 112 valence electrons. The lowest BCUT2D eigenvalue weighted by Gasteiger charge is -2.30. The van der Waals surface area contributed by atoms with Gasteiger partial charge in [0.1, 0.15) is 0 Å². The van der Waals surface area contributed by atoms with E-state index in [-0.39, 0.29) is 12.5 Å². The predicted octanol–water partition coefficient (Wildman–Crippen LogP) is 2.35. The molecule has 0 aromatic heterocycles. The van der Waals surface area contributed by atoms with Crippen LogP contribution in [0, 0.1) is 5.92 Å². The van der Waals surface area contributed by atoms with Crippen LogP contribution in [0.5, 0.6) is 0 Å². The maximum Gasteiger partial charge on any atom is 0.301 e. The summed E-state index contributed by atoms with van der Waals surface area (Å²) in [5.74, 6) is 0.182. The highest BCUT2D eigenvalue weighted by atomic mass is 35.5. The molecule has 1 aliphatic rings. The zero-order chi connectivity index (χ0) is 14.8. The normalized spacial score (nSPS) is 18.1. The Balaban J connectivity index is 2.07. The highest BCUT2D eigenvalue weighted by Gasteiger charge is 2.27. The molecule has 1 saturated heterocycles. The SMILES string of the molecule is O=S(=O)(Nc1cc(Cl)cc(Cl)c1)N1CCC(CO)CC1. The summed E-state index contributed by atoms with van der Waals surface area (Å²) in [6.45, 7) is 0.898. The number of piperidine rings is 1. The van der Waals surface area contributed by atoms with E-state index in [1.54, 1.807) is 0 Å². The van der Waals surface area contributed by atoms with Crippen molar-refractivity contribution in [1.82, 2.24) is 4.31 Å². The zero-order valence-corrected chi connectivity index (χ0v) is 13.0. The van der Waals surface area contributed by atoms with E-state index in [0.29, 0.717) is 41.7 Å². The smallest absolute Gasteiger partial charge is 0.301 e. The molecule has 1 aromatic rings. The molecule has 0 unspecified atom stereocenters. The van der Waals surface area contributed by atoms with Crippen LogP contribution < -0.4 is 4.72 Å². The summed E-state index contributed by atoms with van der Waals surface area (Å²) < 4.78 is 28.3. The molecule has 2 N–H and O–H groups in total. The second-order valence-electron chi connectivity index (χ2n) is 4.79. The number of nitrogens with one attached hydrogen (secondary N) is 1. The summed E-state index contributed by atoms with van der Waals surface area (Å²) in [6.07, 6.45) is 1.32. The first-order valence-corrected chi connectivity index (χ1v) is 8.45. The number of hydrogen-bond acceptors (Lipinski definition) is 3. The average molecular weight is 339 g/mol. The van der Waals surface area contributed by atoms with E-state index in [9.17, 15) is 8.42 Å². The van der Waals surface area contributed by atoms with E-state index in [1.165, 1.54) is 22.5 Å². The summed E-state index contributed by atoms with van der Waals surface area (Å²) >= 11 is 11.7. The Morgan fingerprint density at radius 3 is 2.25 bits per heavy atom. The quantitative estimate of drug-likeness (QED) is 0.885. The first kappa shape index (κ1) is 15.9. The molecule has 0 spiro atoms. The first-order chi connectivity index (χ1) is 9.40. The minimum absolute atomic E-state index is 0.102. The van der Waals surface area contributed by atoms with Gasteiger partial charge in [0.25, 0.3) is 0 Å². The van der Waals surface area contributed by atoms with Crippen LogP contribution in [0.3, 0.4) is 0 Å². The second kappa shape index (κ2) is 6.49. The van der Waals surface area contributed by atoms with Crippen LogP contribution in [-0.4, -0.2) is 37.5 Å². The van der Waals surface area contributed by atoms with Gasteiger partial charge in [-0.25, -0.2) is 0 Å². The van der Waals surface area contributed by atoms with Gasteiger partial charge in [0.2, 0.25) is 0 Å². The number of aliphatic hydroxyl groups is 1. The summed E-state index contributed by atoms with van der Waals surface area (Å²) in [4.78, 5) is 0. The van der Waals surface area contributed by atoms with Gasteiger partial charge in [0.15, 0.2) is 0 Å². The summed E-state index contributed by atoms with van der Waals surface area (Å²) in [6, 6.07) is 4.55. The Kier molecular flexibility index (Phi) is 5.14. The number of rotatable bonds is 4. The molecule has 5 nitrogen and oxygen atoms in total. The van der Waals surface area contributed by atoms with Crippen molar-refractivity contribution in [2.75, 3.05) is 24.4 Å². The topological polar surface area (TPSA) is 69.6 Å². The molecule has 1 fully saturated rings. The van der Waals surface area contributed by atoms with Gasteiger partial charge in [0, 0.05) is 29.7 Å². The van der Waals surface area contributed by atoms with Crippen LogP contribution in [0.1, 0.15) is 12.8 Å². The Hall–Kier alpha value is -0.530. The Bertz CT molecular complexity index is 552. The van der Waals surface area contributed by atoms with Crippen molar-refractivity contribution >= 4 is 39.1 Å². The van der Waals surface area contributed by atoms with Gasteiger partial charge in [-0.15, -0.1) is 0 Å². The van der Waals surface area contributed by atoms with Crippen molar-refractivity contribution in [2.24, 2.45) is 5.92 Å². The molecule has 1 aromatic carbocycles. The van der Waals surface area contributed by atoms with Crippen molar-refractivity contribution in [3.05, 3.63) is 28.2 Å². The van der Waals surface area contributed by atoms with Gasteiger partial charge < -0.3 is 5.11 Å². The van der Waals surface area contributed by atoms with Gasteiger partial charge in [-0.05, 0) is 37.0 Å². The molecule has 20 heavy (non-hydrogen) atoms. The molecule has 0 atom stereocenters. The van der Waals surface area contributed by atoms with E-state index in [1.807, 2.05) is 0 Å². The third kappa shape index (κ3) is 3.99. The summed E-state index contributed by atoms with van der Waals surface area (Å²) in [7, 11) is -3.62. The third-order valence-electron chi connectivity index (χ3n) is 3.28. The monoisotopic (exact) mass is 338 g/mol. The Labute approximate surface area is 128 Å². The predicted molar refractivity (Wildman–Crippen MR) is 80.4 cm³/mol. The van der Waals surface area contributed by atoms with Gasteiger partial charge in [-0.2, -0.15) is 12.7 Å². The molecule has 1 heterocycles. The molecule has 1 aliphatic heterocycles. The van der Waals surface area contributed by atoms with Crippen LogP contribution in [0.2, 0.25) is 10.0 Å². The van der Waals surface area contributed by atoms with Gasteiger partial charge in [-0.3, -0.25) is 4.72 Å². The zero-order valence-electron chi connectivity index (χ0n) is 10.7. The minimum Gasteiger partial charge on any atom is -0.396 e. The van der Waals surface area contributed by atoms with Crippen LogP contribution in [-0.2, 0) is 10.2 Å².